The van der Waals surface area contributed by atoms with Crippen LogP contribution in [0.3, 0.4) is 0 Å². The second-order valence-corrected chi connectivity index (χ2v) is 3.87. The van der Waals surface area contributed by atoms with Crippen LogP contribution in [0, 0.1) is 0 Å². The second-order valence-electron chi connectivity index (χ2n) is 2.96. The van der Waals surface area contributed by atoms with Gasteiger partial charge in [0.05, 0.1) is 0 Å². The number of azide groups is 1. The molecule has 1 aromatic carbocycles. The molecule has 0 saturated carbocycles. The Morgan fingerprint density at radius 2 is 2.21 bits per heavy atom. The molecule has 0 unspecified atom stereocenters. The third-order valence-electron chi connectivity index (χ3n) is 2.11. The first-order valence-electron chi connectivity index (χ1n) is 4.38. The van der Waals surface area contributed by atoms with Crippen LogP contribution in [0.15, 0.2) is 34.8 Å². The zero-order chi connectivity index (χ0) is 9.80. The maximum Gasteiger partial charge on any atom is 0.0345 e. The van der Waals surface area contributed by atoms with Crippen molar-refractivity contribution < 1.29 is 0 Å². The van der Waals surface area contributed by atoms with Crippen LogP contribution in [0.1, 0.15) is 5.56 Å². The van der Waals surface area contributed by atoms with E-state index in [0.717, 1.165) is 6.42 Å². The van der Waals surface area contributed by atoms with Gasteiger partial charge < -0.3 is 0 Å². The number of fused-ring (bicyclic) bond motifs is 1. The van der Waals surface area contributed by atoms with Gasteiger partial charge in [-0.1, -0.05) is 23.3 Å². The van der Waals surface area contributed by atoms with Crippen molar-refractivity contribution in [2.24, 2.45) is 5.11 Å². The molecule has 0 aliphatic carbocycles. The molecule has 1 heterocycles. The second kappa shape index (κ2) is 4.13. The van der Waals surface area contributed by atoms with E-state index in [1.807, 2.05) is 12.1 Å². The van der Waals surface area contributed by atoms with Crippen LogP contribution < -0.4 is 0 Å². The summed E-state index contributed by atoms with van der Waals surface area (Å²) in [6.45, 7) is 0.539. The highest BCUT2D eigenvalue weighted by Crippen LogP contribution is 2.25. The first-order chi connectivity index (χ1) is 6.92. The van der Waals surface area contributed by atoms with Gasteiger partial charge in [-0.3, -0.25) is 0 Å². The predicted molar refractivity (Wildman–Crippen MR) is 59.5 cm³/mol. The van der Waals surface area contributed by atoms with Gasteiger partial charge in [0.15, 0.2) is 0 Å². The van der Waals surface area contributed by atoms with E-state index in [-0.39, 0.29) is 0 Å². The van der Waals surface area contributed by atoms with E-state index in [0.29, 0.717) is 6.54 Å². The SMILES string of the molecule is [N-]=[N+]=NCCc1csc2ccccc12. The summed E-state index contributed by atoms with van der Waals surface area (Å²) in [5.41, 5.74) is 9.45. The van der Waals surface area contributed by atoms with E-state index in [1.54, 1.807) is 11.3 Å². The topological polar surface area (TPSA) is 48.8 Å². The third-order valence-corrected chi connectivity index (χ3v) is 3.12. The molecule has 0 spiro atoms. The summed E-state index contributed by atoms with van der Waals surface area (Å²) in [4.78, 5) is 2.74. The molecule has 2 rings (SSSR count). The Morgan fingerprint density at radius 1 is 1.36 bits per heavy atom. The highest BCUT2D eigenvalue weighted by atomic mass is 32.1. The van der Waals surface area contributed by atoms with Crippen LogP contribution >= 0.6 is 11.3 Å². The minimum Gasteiger partial charge on any atom is -0.144 e. The average molecular weight is 203 g/mol. The van der Waals surface area contributed by atoms with Gasteiger partial charge in [0.2, 0.25) is 0 Å². The van der Waals surface area contributed by atoms with Crippen LogP contribution in [-0.4, -0.2) is 6.54 Å². The number of rotatable bonds is 3. The maximum atomic E-state index is 8.17. The smallest absolute Gasteiger partial charge is 0.0345 e. The van der Waals surface area contributed by atoms with Gasteiger partial charge in [-0.15, -0.1) is 11.3 Å². The van der Waals surface area contributed by atoms with Crippen molar-refractivity contribution >= 4 is 21.4 Å². The monoisotopic (exact) mass is 203 g/mol. The molecule has 70 valence electrons. The lowest BCUT2D eigenvalue weighted by atomic mass is 10.1. The maximum absolute atomic E-state index is 8.17. The number of nitrogens with zero attached hydrogens (tertiary/aromatic N) is 3. The van der Waals surface area contributed by atoms with Crippen molar-refractivity contribution in [3.05, 3.63) is 45.7 Å². The molecule has 0 fully saturated rings. The highest BCUT2D eigenvalue weighted by molar-refractivity contribution is 7.17. The summed E-state index contributed by atoms with van der Waals surface area (Å²) >= 11 is 1.74. The van der Waals surface area contributed by atoms with Gasteiger partial charge in [0.25, 0.3) is 0 Å². The molecule has 0 aliphatic heterocycles. The Balaban J connectivity index is 2.29. The molecule has 1 aromatic heterocycles. The normalized spacial score (nSPS) is 10.0. The molecule has 0 N–H and O–H groups in total. The van der Waals surface area contributed by atoms with E-state index in [1.165, 1.54) is 15.6 Å². The Bertz CT molecular complexity index is 483. The highest BCUT2D eigenvalue weighted by Gasteiger charge is 2.01. The molecule has 14 heavy (non-hydrogen) atoms. The van der Waals surface area contributed by atoms with E-state index < -0.39 is 0 Å². The van der Waals surface area contributed by atoms with Crippen LogP contribution in [0.5, 0.6) is 0 Å². The van der Waals surface area contributed by atoms with Gasteiger partial charge >= 0.3 is 0 Å². The lowest BCUT2D eigenvalue weighted by Gasteiger charge is -1.94. The lowest BCUT2D eigenvalue weighted by Crippen LogP contribution is -1.85. The summed E-state index contributed by atoms with van der Waals surface area (Å²) in [6.07, 6.45) is 0.827. The van der Waals surface area contributed by atoms with E-state index in [4.69, 9.17) is 5.53 Å². The average Bonchev–Trinajstić information content (AvgIpc) is 2.63. The number of hydrogen-bond donors (Lipinski definition) is 0. The summed E-state index contributed by atoms with van der Waals surface area (Å²) in [5.74, 6) is 0. The molecule has 3 nitrogen and oxygen atoms in total. The van der Waals surface area contributed by atoms with Crippen molar-refractivity contribution in [1.29, 1.82) is 0 Å². The minimum atomic E-state index is 0.539. The zero-order valence-electron chi connectivity index (χ0n) is 7.55. The van der Waals surface area contributed by atoms with E-state index in [2.05, 4.69) is 27.5 Å². The van der Waals surface area contributed by atoms with Crippen molar-refractivity contribution in [1.82, 2.24) is 0 Å². The van der Waals surface area contributed by atoms with Crippen molar-refractivity contribution in [3.63, 3.8) is 0 Å². The number of hydrogen-bond acceptors (Lipinski definition) is 2. The fraction of sp³-hybridized carbons (Fsp3) is 0.200. The molecule has 0 bridgehead atoms. The zero-order valence-corrected chi connectivity index (χ0v) is 8.37. The third kappa shape index (κ3) is 1.71. The Kier molecular flexibility index (Phi) is 2.68. The van der Waals surface area contributed by atoms with Crippen LogP contribution in [0.25, 0.3) is 20.5 Å². The van der Waals surface area contributed by atoms with Crippen LogP contribution in [-0.2, 0) is 6.42 Å². The lowest BCUT2D eigenvalue weighted by molar-refractivity contribution is 0.967. The number of thiophene rings is 1. The molecule has 4 heteroatoms. The largest absolute Gasteiger partial charge is 0.144 e. The molecule has 0 aliphatic rings. The van der Waals surface area contributed by atoms with Crippen LogP contribution in [0.4, 0.5) is 0 Å². The molecular weight excluding hydrogens is 194 g/mol. The molecule has 0 atom stereocenters. The van der Waals surface area contributed by atoms with Gasteiger partial charge in [0.1, 0.15) is 0 Å². The molecule has 0 amide bonds. The van der Waals surface area contributed by atoms with Crippen molar-refractivity contribution in [3.8, 4) is 0 Å². The van der Waals surface area contributed by atoms with Crippen LogP contribution in [0.2, 0.25) is 0 Å². The fourth-order valence-electron chi connectivity index (χ4n) is 1.44. The van der Waals surface area contributed by atoms with Crippen molar-refractivity contribution in [2.75, 3.05) is 6.54 Å². The first kappa shape index (κ1) is 9.06. The predicted octanol–water partition coefficient (Wildman–Crippen LogP) is 3.75. The molecule has 2 aromatic rings. The Labute approximate surface area is 85.6 Å². The minimum absolute atomic E-state index is 0.539. The van der Waals surface area contributed by atoms with Gasteiger partial charge in [0, 0.05) is 16.2 Å². The van der Waals surface area contributed by atoms with Crippen molar-refractivity contribution in [2.45, 2.75) is 6.42 Å². The molecule has 0 radical (unpaired) electrons. The summed E-state index contributed by atoms with van der Waals surface area (Å²) < 4.78 is 1.29. The Morgan fingerprint density at radius 3 is 3.07 bits per heavy atom. The quantitative estimate of drug-likeness (QED) is 0.414. The Hall–Kier alpha value is -1.51. The summed E-state index contributed by atoms with van der Waals surface area (Å²) in [5, 5.41) is 6.96. The standard InChI is InChI=1S/C10H9N3S/c11-13-12-6-5-8-7-14-10-4-2-1-3-9(8)10/h1-4,7H,5-6H2. The molecular formula is C10H9N3S. The van der Waals surface area contributed by atoms with Gasteiger partial charge in [-0.2, -0.15) is 0 Å². The van der Waals surface area contributed by atoms with E-state index in [9.17, 15) is 0 Å². The number of benzene rings is 1. The first-order valence-corrected chi connectivity index (χ1v) is 5.26. The van der Waals surface area contributed by atoms with Gasteiger partial charge in [-0.25, -0.2) is 0 Å². The van der Waals surface area contributed by atoms with E-state index >= 15 is 0 Å². The fourth-order valence-corrected chi connectivity index (χ4v) is 2.44. The van der Waals surface area contributed by atoms with Gasteiger partial charge in [-0.05, 0) is 34.3 Å². The summed E-state index contributed by atoms with van der Waals surface area (Å²) in [6, 6.07) is 8.29. The summed E-state index contributed by atoms with van der Waals surface area (Å²) in [7, 11) is 0. The molecule has 0 saturated heterocycles.